The van der Waals surface area contributed by atoms with Crippen LogP contribution in [0.3, 0.4) is 0 Å². The van der Waals surface area contributed by atoms with E-state index in [9.17, 15) is 4.39 Å². The molecule has 1 aromatic heterocycles. The molecule has 0 aliphatic heterocycles. The Morgan fingerprint density at radius 3 is 2.85 bits per heavy atom. The Hall–Kier alpha value is -1.26. The molecule has 1 heterocycles. The minimum Gasteiger partial charge on any atom is -0.310 e. The molecule has 0 bridgehead atoms. The van der Waals surface area contributed by atoms with Crippen LogP contribution in [0.25, 0.3) is 0 Å². The number of pyridine rings is 1. The van der Waals surface area contributed by atoms with Crippen LogP contribution in [0.4, 0.5) is 4.39 Å². The van der Waals surface area contributed by atoms with Gasteiger partial charge in [-0.2, -0.15) is 0 Å². The summed E-state index contributed by atoms with van der Waals surface area (Å²) in [4.78, 5) is 4.13. The predicted octanol–water partition coefficient (Wildman–Crippen LogP) is 4.18. The fraction of sp³-hybridized carbons (Fsp3) is 0.312. The molecule has 4 heteroatoms. The summed E-state index contributed by atoms with van der Waals surface area (Å²) in [5.74, 6) is -0.204. The van der Waals surface area contributed by atoms with Crippen LogP contribution in [0.5, 0.6) is 0 Å². The molecule has 0 saturated heterocycles. The molecule has 0 aliphatic carbocycles. The zero-order valence-electron chi connectivity index (χ0n) is 11.7. The summed E-state index contributed by atoms with van der Waals surface area (Å²) in [5.41, 5.74) is 3.32. The highest BCUT2D eigenvalue weighted by Gasteiger charge is 2.15. The highest BCUT2D eigenvalue weighted by Crippen LogP contribution is 2.26. The summed E-state index contributed by atoms with van der Waals surface area (Å²) < 4.78 is 14.4. The maximum Gasteiger partial charge on any atom is 0.123 e. The maximum atomic E-state index is 13.4. The van der Waals surface area contributed by atoms with Crippen LogP contribution in [-0.4, -0.2) is 11.5 Å². The number of rotatable bonds is 5. The molecular weight excluding hydrogens is 319 g/mol. The van der Waals surface area contributed by atoms with Crippen LogP contribution in [0, 0.1) is 12.7 Å². The second-order valence-corrected chi connectivity index (χ2v) is 5.64. The second-order valence-electron chi connectivity index (χ2n) is 4.78. The van der Waals surface area contributed by atoms with Crippen molar-refractivity contribution in [2.24, 2.45) is 0 Å². The number of nitrogens with one attached hydrogen (secondary N) is 1. The Morgan fingerprint density at radius 2 is 2.15 bits per heavy atom. The molecule has 1 N–H and O–H groups in total. The number of benzene rings is 1. The largest absolute Gasteiger partial charge is 0.310 e. The van der Waals surface area contributed by atoms with Crippen molar-refractivity contribution in [1.29, 1.82) is 0 Å². The molecular formula is C16H18BrFN2. The predicted molar refractivity (Wildman–Crippen MR) is 83.2 cm³/mol. The number of aryl methyl sites for hydroxylation is 1. The Morgan fingerprint density at radius 1 is 1.35 bits per heavy atom. The van der Waals surface area contributed by atoms with Crippen molar-refractivity contribution in [2.75, 3.05) is 6.54 Å². The van der Waals surface area contributed by atoms with Gasteiger partial charge in [0.25, 0.3) is 0 Å². The van der Waals surface area contributed by atoms with Crippen molar-refractivity contribution in [3.63, 3.8) is 0 Å². The zero-order valence-corrected chi connectivity index (χ0v) is 13.2. The second kappa shape index (κ2) is 6.95. The van der Waals surface area contributed by atoms with Crippen molar-refractivity contribution < 1.29 is 4.39 Å². The average molecular weight is 337 g/mol. The lowest BCUT2D eigenvalue weighted by molar-refractivity contribution is 0.543. The first kappa shape index (κ1) is 15.1. The molecule has 2 aromatic rings. The molecule has 0 saturated carbocycles. The van der Waals surface area contributed by atoms with Crippen molar-refractivity contribution in [3.05, 3.63) is 63.6 Å². The molecule has 0 radical (unpaired) electrons. The van der Waals surface area contributed by atoms with Crippen LogP contribution < -0.4 is 5.32 Å². The lowest BCUT2D eigenvalue weighted by Gasteiger charge is -2.21. The molecule has 0 fully saturated rings. The van der Waals surface area contributed by atoms with Crippen molar-refractivity contribution in [2.45, 2.75) is 26.3 Å². The summed E-state index contributed by atoms with van der Waals surface area (Å²) in [6.07, 6.45) is 4.39. The normalized spacial score (nSPS) is 12.4. The van der Waals surface area contributed by atoms with E-state index in [2.05, 4.69) is 33.2 Å². The summed E-state index contributed by atoms with van der Waals surface area (Å²) in [7, 11) is 0. The molecule has 0 spiro atoms. The molecule has 1 aromatic carbocycles. The number of nitrogens with zero attached hydrogens (tertiary/aromatic N) is 1. The van der Waals surface area contributed by atoms with E-state index in [0.29, 0.717) is 0 Å². The molecule has 1 unspecified atom stereocenters. The van der Waals surface area contributed by atoms with Gasteiger partial charge in [-0.1, -0.05) is 22.9 Å². The number of hydrogen-bond acceptors (Lipinski definition) is 2. The number of hydrogen-bond donors (Lipinski definition) is 1. The van der Waals surface area contributed by atoms with E-state index in [1.807, 2.05) is 19.2 Å². The van der Waals surface area contributed by atoms with Gasteiger partial charge in [0.05, 0.1) is 0 Å². The first-order valence-electron chi connectivity index (χ1n) is 6.69. The monoisotopic (exact) mass is 336 g/mol. The van der Waals surface area contributed by atoms with Crippen molar-refractivity contribution in [1.82, 2.24) is 10.3 Å². The standard InChI is InChI=1S/C16H18BrFN2/c1-3-20-16(14-6-7-19-10-11(14)2)9-12-8-13(18)4-5-15(12)17/h4-8,10,16,20H,3,9H2,1-2H3. The maximum absolute atomic E-state index is 13.4. The van der Waals surface area contributed by atoms with Gasteiger partial charge in [0.2, 0.25) is 0 Å². The fourth-order valence-corrected chi connectivity index (χ4v) is 2.74. The molecule has 2 nitrogen and oxygen atoms in total. The molecule has 1 atom stereocenters. The lowest BCUT2D eigenvalue weighted by atomic mass is 9.96. The minimum atomic E-state index is -0.204. The summed E-state index contributed by atoms with van der Waals surface area (Å²) in [6, 6.07) is 6.99. The van der Waals surface area contributed by atoms with Crippen LogP contribution in [-0.2, 0) is 6.42 Å². The van der Waals surface area contributed by atoms with Crippen LogP contribution in [0.15, 0.2) is 41.1 Å². The van der Waals surface area contributed by atoms with Crippen LogP contribution >= 0.6 is 15.9 Å². The SMILES string of the molecule is CCNC(Cc1cc(F)ccc1Br)c1ccncc1C. The number of likely N-dealkylation sites (N-methyl/N-ethyl adjacent to an activating group) is 1. The molecule has 20 heavy (non-hydrogen) atoms. The Bertz CT molecular complexity index is 586. The van der Waals surface area contributed by atoms with Crippen LogP contribution in [0.2, 0.25) is 0 Å². The number of aromatic nitrogens is 1. The third-order valence-electron chi connectivity index (χ3n) is 3.32. The van der Waals surface area contributed by atoms with E-state index in [1.54, 1.807) is 18.3 Å². The van der Waals surface area contributed by atoms with Gasteiger partial charge < -0.3 is 5.32 Å². The smallest absolute Gasteiger partial charge is 0.123 e. The van der Waals surface area contributed by atoms with Gasteiger partial charge in [0.15, 0.2) is 0 Å². The third kappa shape index (κ3) is 3.64. The third-order valence-corrected chi connectivity index (χ3v) is 4.10. The van der Waals surface area contributed by atoms with E-state index < -0.39 is 0 Å². The topological polar surface area (TPSA) is 24.9 Å². The summed E-state index contributed by atoms with van der Waals surface area (Å²) >= 11 is 3.49. The van der Waals surface area contributed by atoms with E-state index in [4.69, 9.17) is 0 Å². The molecule has 0 amide bonds. The summed E-state index contributed by atoms with van der Waals surface area (Å²) in [5, 5.41) is 3.46. The number of halogens is 2. The highest BCUT2D eigenvalue weighted by molar-refractivity contribution is 9.10. The quantitative estimate of drug-likeness (QED) is 0.885. The molecule has 2 rings (SSSR count). The van der Waals surface area contributed by atoms with Gasteiger partial charge in [-0.15, -0.1) is 0 Å². The van der Waals surface area contributed by atoms with Crippen molar-refractivity contribution in [3.8, 4) is 0 Å². The molecule has 0 aliphatic rings. The van der Waals surface area contributed by atoms with Gasteiger partial charge >= 0.3 is 0 Å². The van der Waals surface area contributed by atoms with E-state index >= 15 is 0 Å². The first-order valence-corrected chi connectivity index (χ1v) is 7.49. The Labute approximate surface area is 127 Å². The minimum absolute atomic E-state index is 0.154. The van der Waals surface area contributed by atoms with Gasteiger partial charge in [-0.25, -0.2) is 4.39 Å². The van der Waals surface area contributed by atoms with Gasteiger partial charge in [-0.3, -0.25) is 4.98 Å². The van der Waals surface area contributed by atoms with E-state index in [0.717, 1.165) is 28.6 Å². The summed E-state index contributed by atoms with van der Waals surface area (Å²) in [6.45, 7) is 4.98. The van der Waals surface area contributed by atoms with Crippen molar-refractivity contribution >= 4 is 15.9 Å². The zero-order chi connectivity index (χ0) is 14.5. The first-order chi connectivity index (χ1) is 9.61. The highest BCUT2D eigenvalue weighted by atomic mass is 79.9. The fourth-order valence-electron chi connectivity index (χ4n) is 2.33. The van der Waals surface area contributed by atoms with Gasteiger partial charge in [-0.05, 0) is 60.8 Å². The van der Waals surface area contributed by atoms with E-state index in [-0.39, 0.29) is 11.9 Å². The molecule has 106 valence electrons. The lowest BCUT2D eigenvalue weighted by Crippen LogP contribution is -2.24. The van der Waals surface area contributed by atoms with Gasteiger partial charge in [0.1, 0.15) is 5.82 Å². The van der Waals surface area contributed by atoms with Crippen LogP contribution in [0.1, 0.15) is 29.7 Å². The Kier molecular flexibility index (Phi) is 5.26. The average Bonchev–Trinajstić information content (AvgIpc) is 2.43. The Balaban J connectivity index is 2.30. The van der Waals surface area contributed by atoms with E-state index in [1.165, 1.54) is 11.6 Å². The van der Waals surface area contributed by atoms with Gasteiger partial charge in [0, 0.05) is 22.9 Å².